The number of carbonyl (C=O) groups excluding carboxylic acids is 1. The van der Waals surface area contributed by atoms with Crippen molar-refractivity contribution in [2.45, 2.75) is 0 Å². The summed E-state index contributed by atoms with van der Waals surface area (Å²) in [6.07, 6.45) is 0. The van der Waals surface area contributed by atoms with Gasteiger partial charge in [-0.1, -0.05) is 17.7 Å². The van der Waals surface area contributed by atoms with Gasteiger partial charge < -0.3 is 10.6 Å². The smallest absolute Gasteiger partial charge is 0.243 e. The second-order valence-corrected chi connectivity index (χ2v) is 4.51. The van der Waals surface area contributed by atoms with E-state index in [2.05, 4.69) is 10.6 Å². The molecule has 20 heavy (non-hydrogen) atoms. The Morgan fingerprint density at radius 3 is 2.40 bits per heavy atom. The summed E-state index contributed by atoms with van der Waals surface area (Å²) in [7, 11) is 0. The molecule has 1 amide bonds. The fraction of sp³-hybridized carbons (Fsp3) is 0.0714. The largest absolute Gasteiger partial charge is 0.376 e. The van der Waals surface area contributed by atoms with Crippen LogP contribution in [0.2, 0.25) is 5.02 Å². The van der Waals surface area contributed by atoms with Crippen molar-refractivity contribution >= 4 is 28.9 Å². The Morgan fingerprint density at radius 2 is 1.75 bits per heavy atom. The van der Waals surface area contributed by atoms with Gasteiger partial charge in [0.15, 0.2) is 0 Å². The third-order valence-electron chi connectivity index (χ3n) is 2.42. The molecule has 0 saturated heterocycles. The van der Waals surface area contributed by atoms with E-state index in [0.717, 1.165) is 18.2 Å². The first kappa shape index (κ1) is 14.3. The maximum atomic E-state index is 12.9. The molecule has 2 aromatic carbocycles. The molecule has 0 atom stereocenters. The molecule has 0 saturated carbocycles. The lowest BCUT2D eigenvalue weighted by atomic mass is 10.3. The first-order valence-corrected chi connectivity index (χ1v) is 6.16. The van der Waals surface area contributed by atoms with Crippen LogP contribution in [0.3, 0.4) is 0 Å². The molecule has 0 spiro atoms. The minimum atomic E-state index is -0.706. The Bertz CT molecular complexity index is 614. The highest BCUT2D eigenvalue weighted by molar-refractivity contribution is 6.30. The van der Waals surface area contributed by atoms with E-state index in [1.54, 1.807) is 24.3 Å². The Kier molecular flexibility index (Phi) is 4.53. The molecule has 0 aromatic heterocycles. The molecular formula is C14H11ClF2N2O. The predicted octanol–water partition coefficient (Wildman–Crippen LogP) is 3.67. The number of amides is 1. The van der Waals surface area contributed by atoms with E-state index in [-0.39, 0.29) is 18.1 Å². The molecule has 3 nitrogen and oxygen atoms in total. The van der Waals surface area contributed by atoms with E-state index in [4.69, 9.17) is 11.6 Å². The van der Waals surface area contributed by atoms with Gasteiger partial charge in [-0.2, -0.15) is 0 Å². The molecule has 0 bridgehead atoms. The average Bonchev–Trinajstić information content (AvgIpc) is 2.35. The lowest BCUT2D eigenvalue weighted by Crippen LogP contribution is -2.21. The molecule has 2 rings (SSSR count). The van der Waals surface area contributed by atoms with Gasteiger partial charge >= 0.3 is 0 Å². The van der Waals surface area contributed by atoms with Crippen LogP contribution in [0.5, 0.6) is 0 Å². The zero-order valence-electron chi connectivity index (χ0n) is 10.3. The monoisotopic (exact) mass is 296 g/mol. The molecule has 0 radical (unpaired) electrons. The van der Waals surface area contributed by atoms with Crippen molar-refractivity contribution in [1.82, 2.24) is 0 Å². The van der Waals surface area contributed by atoms with Crippen LogP contribution in [-0.2, 0) is 4.79 Å². The van der Waals surface area contributed by atoms with E-state index in [1.807, 2.05) is 0 Å². The Hall–Kier alpha value is -2.14. The first-order chi connectivity index (χ1) is 9.52. The van der Waals surface area contributed by atoms with Crippen molar-refractivity contribution in [2.24, 2.45) is 0 Å². The summed E-state index contributed by atoms with van der Waals surface area (Å²) in [5.74, 6) is -1.76. The van der Waals surface area contributed by atoms with Gasteiger partial charge in [0.05, 0.1) is 6.54 Å². The third kappa shape index (κ3) is 4.20. The molecule has 0 aliphatic rings. The highest BCUT2D eigenvalue weighted by atomic mass is 35.5. The predicted molar refractivity (Wildman–Crippen MR) is 74.9 cm³/mol. The van der Waals surface area contributed by atoms with Gasteiger partial charge in [0.25, 0.3) is 0 Å². The van der Waals surface area contributed by atoms with E-state index < -0.39 is 11.6 Å². The number of hydrogen-bond donors (Lipinski definition) is 2. The second-order valence-electron chi connectivity index (χ2n) is 4.07. The number of anilines is 2. The molecule has 0 aliphatic heterocycles. The molecule has 0 aliphatic carbocycles. The van der Waals surface area contributed by atoms with Crippen LogP contribution < -0.4 is 10.6 Å². The van der Waals surface area contributed by atoms with Crippen LogP contribution in [0.25, 0.3) is 0 Å². The van der Waals surface area contributed by atoms with E-state index in [9.17, 15) is 13.6 Å². The highest BCUT2D eigenvalue weighted by Gasteiger charge is 2.04. The van der Waals surface area contributed by atoms with Gasteiger partial charge in [-0.15, -0.1) is 0 Å². The third-order valence-corrected chi connectivity index (χ3v) is 2.66. The Morgan fingerprint density at radius 1 is 1.05 bits per heavy atom. The summed E-state index contributed by atoms with van der Waals surface area (Å²) in [6.45, 7) is -0.116. The van der Waals surface area contributed by atoms with Gasteiger partial charge in [0.1, 0.15) is 11.6 Å². The van der Waals surface area contributed by atoms with Crippen molar-refractivity contribution in [2.75, 3.05) is 17.2 Å². The molecule has 0 unspecified atom stereocenters. The van der Waals surface area contributed by atoms with Crippen molar-refractivity contribution in [1.29, 1.82) is 0 Å². The maximum Gasteiger partial charge on any atom is 0.243 e. The summed E-state index contributed by atoms with van der Waals surface area (Å²) in [5, 5.41) is 5.75. The minimum Gasteiger partial charge on any atom is -0.376 e. The summed E-state index contributed by atoms with van der Waals surface area (Å²) in [6, 6.07) is 9.65. The molecule has 0 fully saturated rings. The average molecular weight is 297 g/mol. The molecule has 6 heteroatoms. The Balaban J connectivity index is 1.92. The van der Waals surface area contributed by atoms with Crippen LogP contribution in [0.4, 0.5) is 20.2 Å². The number of nitrogens with one attached hydrogen (secondary N) is 2. The highest BCUT2D eigenvalue weighted by Crippen LogP contribution is 2.15. The zero-order valence-corrected chi connectivity index (χ0v) is 11.0. The maximum absolute atomic E-state index is 12.9. The number of rotatable bonds is 4. The van der Waals surface area contributed by atoms with Crippen LogP contribution in [-0.4, -0.2) is 12.5 Å². The lowest BCUT2D eigenvalue weighted by Gasteiger charge is -2.08. The van der Waals surface area contributed by atoms with Crippen molar-refractivity contribution in [3.63, 3.8) is 0 Å². The molecule has 2 N–H and O–H groups in total. The van der Waals surface area contributed by atoms with Gasteiger partial charge in [-0.3, -0.25) is 4.79 Å². The molecule has 104 valence electrons. The van der Waals surface area contributed by atoms with Crippen LogP contribution in [0.15, 0.2) is 42.5 Å². The number of hydrogen-bond acceptors (Lipinski definition) is 2. The standard InChI is InChI=1S/C14H11ClF2N2O/c15-9-2-1-3-12(4-9)19-14(20)8-18-13-6-10(16)5-11(17)7-13/h1-7,18H,8H2,(H,19,20). The second kappa shape index (κ2) is 6.34. The molecular weight excluding hydrogens is 286 g/mol. The normalized spacial score (nSPS) is 10.2. The fourth-order valence-corrected chi connectivity index (χ4v) is 1.80. The van der Waals surface area contributed by atoms with Crippen molar-refractivity contribution in [3.05, 3.63) is 59.1 Å². The van der Waals surface area contributed by atoms with E-state index in [1.165, 1.54) is 0 Å². The quantitative estimate of drug-likeness (QED) is 0.904. The Labute approximate surface area is 119 Å². The minimum absolute atomic E-state index is 0.116. The van der Waals surface area contributed by atoms with Gasteiger partial charge in [-0.05, 0) is 30.3 Å². The summed E-state index contributed by atoms with van der Waals surface area (Å²) < 4.78 is 25.9. The lowest BCUT2D eigenvalue weighted by molar-refractivity contribution is -0.114. The van der Waals surface area contributed by atoms with E-state index >= 15 is 0 Å². The summed E-state index contributed by atoms with van der Waals surface area (Å²) in [4.78, 5) is 11.7. The topological polar surface area (TPSA) is 41.1 Å². The number of carbonyl (C=O) groups is 1. The van der Waals surface area contributed by atoms with Crippen LogP contribution in [0.1, 0.15) is 0 Å². The number of halogens is 3. The van der Waals surface area contributed by atoms with Crippen molar-refractivity contribution in [3.8, 4) is 0 Å². The van der Waals surface area contributed by atoms with Crippen molar-refractivity contribution < 1.29 is 13.6 Å². The molecule has 0 heterocycles. The molecule has 2 aromatic rings. The van der Waals surface area contributed by atoms with Gasteiger partial charge in [0, 0.05) is 22.5 Å². The SMILES string of the molecule is O=C(CNc1cc(F)cc(F)c1)Nc1cccc(Cl)c1. The van der Waals surface area contributed by atoms with Gasteiger partial charge in [0.2, 0.25) is 5.91 Å². The fourth-order valence-electron chi connectivity index (χ4n) is 1.61. The van der Waals surface area contributed by atoms with Crippen LogP contribution in [0, 0.1) is 11.6 Å². The number of benzene rings is 2. The zero-order chi connectivity index (χ0) is 14.5. The first-order valence-electron chi connectivity index (χ1n) is 5.78. The van der Waals surface area contributed by atoms with Gasteiger partial charge in [-0.25, -0.2) is 8.78 Å². The summed E-state index contributed by atoms with van der Waals surface area (Å²) >= 11 is 5.79. The van der Waals surface area contributed by atoms with Crippen LogP contribution >= 0.6 is 11.6 Å². The van der Waals surface area contributed by atoms with E-state index in [0.29, 0.717) is 10.7 Å². The summed E-state index contributed by atoms with van der Waals surface area (Å²) in [5.41, 5.74) is 0.749.